The van der Waals surface area contributed by atoms with Gasteiger partial charge in [0.15, 0.2) is 5.16 Å². The molecule has 6 heteroatoms. The van der Waals surface area contributed by atoms with Crippen LogP contribution in [-0.4, -0.2) is 42.4 Å². The van der Waals surface area contributed by atoms with Gasteiger partial charge in [-0.1, -0.05) is 54.2 Å². The van der Waals surface area contributed by atoms with Gasteiger partial charge in [-0.05, 0) is 24.6 Å². The molecule has 0 amide bonds. The Hall–Kier alpha value is -2.15. The summed E-state index contributed by atoms with van der Waals surface area (Å²) in [5.74, 6) is 0. The van der Waals surface area contributed by atoms with E-state index in [1.54, 1.807) is 16.7 Å². The highest BCUT2D eigenvalue weighted by Crippen LogP contribution is 2.33. The van der Waals surface area contributed by atoms with Crippen LogP contribution in [0.15, 0.2) is 64.5 Å². The van der Waals surface area contributed by atoms with Gasteiger partial charge in [-0.25, -0.2) is 4.98 Å². The van der Waals surface area contributed by atoms with E-state index in [4.69, 9.17) is 9.72 Å². The van der Waals surface area contributed by atoms with E-state index >= 15 is 0 Å². The maximum absolute atomic E-state index is 13.2. The summed E-state index contributed by atoms with van der Waals surface area (Å²) in [6, 6.07) is 18.0. The van der Waals surface area contributed by atoms with E-state index in [0.29, 0.717) is 11.9 Å². The number of ether oxygens (including phenoxy) is 1. The summed E-state index contributed by atoms with van der Waals surface area (Å²) in [7, 11) is 0. The number of hydrogen-bond acceptors (Lipinski definition) is 4. The first-order chi connectivity index (χ1) is 14.2. The fourth-order valence-corrected chi connectivity index (χ4v) is 4.84. The topological polar surface area (TPSA) is 48.6 Å². The molecule has 0 radical (unpaired) electrons. The molecule has 1 fully saturated rings. The number of morpholine rings is 1. The SMILES string of the molecule is C[C@H](Sc1nc2ccccc2c(=O)n1CCC[NH+]1CCOCC1)c1ccccc1. The van der Waals surface area contributed by atoms with Crippen LogP contribution in [0, 0.1) is 0 Å². The summed E-state index contributed by atoms with van der Waals surface area (Å²) in [6.45, 7) is 7.70. The minimum Gasteiger partial charge on any atom is -0.370 e. The van der Waals surface area contributed by atoms with Gasteiger partial charge in [0.1, 0.15) is 13.1 Å². The Morgan fingerprint density at radius 3 is 2.62 bits per heavy atom. The van der Waals surface area contributed by atoms with E-state index in [0.717, 1.165) is 49.9 Å². The second-order valence-electron chi connectivity index (χ2n) is 7.51. The monoisotopic (exact) mass is 410 g/mol. The number of benzene rings is 2. The molecule has 2 aromatic carbocycles. The van der Waals surface area contributed by atoms with Crippen LogP contribution in [0.25, 0.3) is 10.9 Å². The Balaban J connectivity index is 1.58. The minimum absolute atomic E-state index is 0.0651. The molecule has 29 heavy (non-hydrogen) atoms. The average Bonchev–Trinajstić information content (AvgIpc) is 2.77. The zero-order chi connectivity index (χ0) is 20.1. The molecule has 4 rings (SSSR count). The van der Waals surface area contributed by atoms with Crippen LogP contribution in [0.1, 0.15) is 24.2 Å². The van der Waals surface area contributed by atoms with E-state index < -0.39 is 0 Å². The molecule has 5 nitrogen and oxygen atoms in total. The number of nitrogens with one attached hydrogen (secondary N) is 1. The maximum atomic E-state index is 13.2. The van der Waals surface area contributed by atoms with Crippen molar-refractivity contribution < 1.29 is 9.64 Å². The fourth-order valence-electron chi connectivity index (χ4n) is 3.78. The van der Waals surface area contributed by atoms with Crippen molar-refractivity contribution in [2.24, 2.45) is 0 Å². The second-order valence-corrected chi connectivity index (χ2v) is 8.81. The molecule has 1 aliphatic heterocycles. The van der Waals surface area contributed by atoms with Crippen LogP contribution >= 0.6 is 11.8 Å². The lowest BCUT2D eigenvalue weighted by Crippen LogP contribution is -3.14. The lowest BCUT2D eigenvalue weighted by atomic mass is 10.2. The number of rotatable bonds is 7. The molecule has 1 aliphatic rings. The van der Waals surface area contributed by atoms with Crippen molar-refractivity contribution >= 4 is 22.7 Å². The molecule has 0 saturated carbocycles. The van der Waals surface area contributed by atoms with Gasteiger partial charge in [-0.15, -0.1) is 0 Å². The Bertz CT molecular complexity index is 1000. The van der Waals surface area contributed by atoms with Crippen LogP contribution in [0.2, 0.25) is 0 Å². The summed E-state index contributed by atoms with van der Waals surface area (Å²) in [4.78, 5) is 19.7. The van der Waals surface area contributed by atoms with Crippen LogP contribution in [-0.2, 0) is 11.3 Å². The number of fused-ring (bicyclic) bond motifs is 1. The van der Waals surface area contributed by atoms with Crippen LogP contribution in [0.5, 0.6) is 0 Å². The summed E-state index contributed by atoms with van der Waals surface area (Å²) >= 11 is 1.66. The third kappa shape index (κ3) is 4.89. The van der Waals surface area contributed by atoms with E-state index in [2.05, 4.69) is 31.2 Å². The van der Waals surface area contributed by atoms with Crippen molar-refractivity contribution in [3.8, 4) is 0 Å². The summed E-state index contributed by atoms with van der Waals surface area (Å²) < 4.78 is 7.33. The number of nitrogens with zero attached hydrogens (tertiary/aromatic N) is 2. The summed E-state index contributed by atoms with van der Waals surface area (Å²) in [6.07, 6.45) is 0.961. The Labute approximate surface area is 175 Å². The molecule has 0 bridgehead atoms. The number of hydrogen-bond donors (Lipinski definition) is 1. The van der Waals surface area contributed by atoms with Crippen molar-refractivity contribution in [2.75, 3.05) is 32.8 Å². The van der Waals surface area contributed by atoms with Gasteiger partial charge in [-0.2, -0.15) is 0 Å². The Kier molecular flexibility index (Phi) is 6.64. The Morgan fingerprint density at radius 1 is 1.10 bits per heavy atom. The molecule has 0 unspecified atom stereocenters. The van der Waals surface area contributed by atoms with Gasteiger partial charge >= 0.3 is 0 Å². The smallest absolute Gasteiger partial charge is 0.262 e. The molecular weight excluding hydrogens is 382 g/mol. The van der Waals surface area contributed by atoms with Crippen molar-refractivity contribution in [3.63, 3.8) is 0 Å². The molecule has 0 spiro atoms. The first kappa shape index (κ1) is 20.1. The first-order valence-corrected chi connectivity index (χ1v) is 11.2. The highest BCUT2D eigenvalue weighted by molar-refractivity contribution is 7.99. The van der Waals surface area contributed by atoms with Crippen LogP contribution in [0.4, 0.5) is 0 Å². The number of para-hydroxylation sites is 1. The van der Waals surface area contributed by atoms with Crippen molar-refractivity contribution in [2.45, 2.75) is 30.3 Å². The van der Waals surface area contributed by atoms with Gasteiger partial charge in [0.25, 0.3) is 5.56 Å². The van der Waals surface area contributed by atoms with Gasteiger partial charge < -0.3 is 9.64 Å². The lowest BCUT2D eigenvalue weighted by Gasteiger charge is -2.24. The van der Waals surface area contributed by atoms with Crippen molar-refractivity contribution in [3.05, 3.63) is 70.5 Å². The molecule has 3 aromatic rings. The third-order valence-electron chi connectivity index (χ3n) is 5.49. The largest absolute Gasteiger partial charge is 0.370 e. The quantitative estimate of drug-likeness (QED) is 0.480. The third-order valence-corrected chi connectivity index (χ3v) is 6.64. The zero-order valence-corrected chi connectivity index (χ0v) is 17.7. The number of thioether (sulfide) groups is 1. The van der Waals surface area contributed by atoms with Crippen molar-refractivity contribution in [1.29, 1.82) is 0 Å². The summed E-state index contributed by atoms with van der Waals surface area (Å²) in [5.41, 5.74) is 2.08. The van der Waals surface area contributed by atoms with E-state index in [1.807, 2.05) is 34.9 Å². The number of quaternary nitrogens is 1. The van der Waals surface area contributed by atoms with Crippen molar-refractivity contribution in [1.82, 2.24) is 9.55 Å². The van der Waals surface area contributed by atoms with E-state index in [-0.39, 0.29) is 10.8 Å². The summed E-state index contributed by atoms with van der Waals surface area (Å²) in [5, 5.41) is 1.73. The average molecular weight is 411 g/mol. The lowest BCUT2D eigenvalue weighted by molar-refractivity contribution is -0.908. The molecule has 1 atom stereocenters. The molecule has 2 heterocycles. The predicted molar refractivity (Wildman–Crippen MR) is 118 cm³/mol. The predicted octanol–water partition coefficient (Wildman–Crippen LogP) is 2.55. The van der Waals surface area contributed by atoms with Crippen LogP contribution in [0.3, 0.4) is 0 Å². The molecule has 1 saturated heterocycles. The molecule has 0 aliphatic carbocycles. The zero-order valence-electron chi connectivity index (χ0n) is 16.8. The van der Waals surface area contributed by atoms with Gasteiger partial charge in [-0.3, -0.25) is 9.36 Å². The normalized spacial score (nSPS) is 16.2. The van der Waals surface area contributed by atoms with Gasteiger partial charge in [0.05, 0.1) is 30.7 Å². The van der Waals surface area contributed by atoms with E-state index in [9.17, 15) is 4.79 Å². The van der Waals surface area contributed by atoms with Gasteiger partial charge in [0.2, 0.25) is 0 Å². The fraction of sp³-hybridized carbons (Fsp3) is 0.391. The molecular formula is C23H28N3O2S+. The molecule has 1 N–H and O–H groups in total. The standard InChI is InChI=1S/C23H27N3O2S/c1-18(19-8-3-2-4-9-19)29-23-24-21-11-6-5-10-20(21)22(27)26(23)13-7-12-25-14-16-28-17-15-25/h2-6,8-11,18H,7,12-17H2,1H3/p+1/t18-/m0/s1. The molecule has 1 aromatic heterocycles. The number of aromatic nitrogens is 2. The molecule has 152 valence electrons. The minimum atomic E-state index is 0.0651. The maximum Gasteiger partial charge on any atom is 0.262 e. The highest BCUT2D eigenvalue weighted by Gasteiger charge is 2.17. The van der Waals surface area contributed by atoms with Crippen LogP contribution < -0.4 is 10.5 Å². The Morgan fingerprint density at radius 2 is 1.83 bits per heavy atom. The first-order valence-electron chi connectivity index (χ1n) is 10.3. The second kappa shape index (κ2) is 9.57. The highest BCUT2D eigenvalue weighted by atomic mass is 32.2. The van der Waals surface area contributed by atoms with E-state index in [1.165, 1.54) is 5.56 Å². The van der Waals surface area contributed by atoms with Gasteiger partial charge in [0, 0.05) is 18.2 Å².